The van der Waals surface area contributed by atoms with Crippen molar-refractivity contribution in [1.82, 2.24) is 0 Å². The summed E-state index contributed by atoms with van der Waals surface area (Å²) in [6, 6.07) is 3.45. The summed E-state index contributed by atoms with van der Waals surface area (Å²) in [6.45, 7) is 4.93. The molecule has 120 valence electrons. The molecule has 0 aliphatic rings. The van der Waals surface area contributed by atoms with E-state index in [1.807, 2.05) is 0 Å². The van der Waals surface area contributed by atoms with Crippen LogP contribution in [0.1, 0.15) is 32.3 Å². The minimum atomic E-state index is -1.52. The summed E-state index contributed by atoms with van der Waals surface area (Å²) >= 11 is 0. The Hall–Kier alpha value is -2.48. The van der Waals surface area contributed by atoms with Gasteiger partial charge in [-0.05, 0) is 26.3 Å². The van der Waals surface area contributed by atoms with Crippen molar-refractivity contribution in [2.45, 2.75) is 38.3 Å². The number of ether oxygens (including phenoxy) is 1. The molecular weight excluding hydrogens is 292 g/mol. The van der Waals surface area contributed by atoms with E-state index in [9.17, 15) is 19.7 Å². The van der Waals surface area contributed by atoms with Gasteiger partial charge in [0.15, 0.2) is 0 Å². The Bertz CT molecular complexity index is 576. The zero-order valence-corrected chi connectivity index (χ0v) is 12.5. The molecule has 0 amide bonds. The Morgan fingerprint density at radius 3 is 2.14 bits per heavy atom. The maximum atomic E-state index is 12.2. The van der Waals surface area contributed by atoms with Crippen LogP contribution in [0.15, 0.2) is 24.3 Å². The number of nitrogens with zero attached hydrogens (tertiary/aromatic N) is 1. The fourth-order valence-corrected chi connectivity index (χ4v) is 1.80. The molecule has 1 rings (SSSR count). The molecule has 0 fully saturated rings. The van der Waals surface area contributed by atoms with Gasteiger partial charge in [-0.1, -0.05) is 12.1 Å². The number of nitro groups is 1. The number of hydrogen-bond donors (Lipinski definition) is 2. The third-order valence-corrected chi connectivity index (χ3v) is 2.77. The predicted octanol–water partition coefficient (Wildman–Crippen LogP) is 1.43. The SMILES string of the molecule is CC(C)(C)OC(=O)C(c1ccc([N+](=O)[O-])cc1)C(N)C(=O)O. The van der Waals surface area contributed by atoms with Crippen LogP contribution in [0.3, 0.4) is 0 Å². The number of nitrogens with two attached hydrogens (primary N) is 1. The van der Waals surface area contributed by atoms with E-state index >= 15 is 0 Å². The second kappa shape index (κ2) is 6.52. The minimum absolute atomic E-state index is 0.171. The molecule has 0 bridgehead atoms. The van der Waals surface area contributed by atoms with Gasteiger partial charge in [-0.25, -0.2) is 0 Å². The van der Waals surface area contributed by atoms with Crippen molar-refractivity contribution >= 4 is 17.6 Å². The minimum Gasteiger partial charge on any atom is -0.480 e. The van der Waals surface area contributed by atoms with Gasteiger partial charge >= 0.3 is 11.9 Å². The number of benzene rings is 1. The van der Waals surface area contributed by atoms with Gasteiger partial charge in [0, 0.05) is 12.1 Å². The predicted molar refractivity (Wildman–Crippen MR) is 77.3 cm³/mol. The first-order chi connectivity index (χ1) is 10.0. The molecule has 0 spiro atoms. The van der Waals surface area contributed by atoms with Crippen LogP contribution >= 0.6 is 0 Å². The normalized spacial score (nSPS) is 14.0. The van der Waals surface area contributed by atoms with Crippen molar-refractivity contribution in [2.24, 2.45) is 5.73 Å². The molecular formula is C14H18N2O6. The number of non-ortho nitro benzene ring substituents is 1. The summed E-state index contributed by atoms with van der Waals surface area (Å²) in [7, 11) is 0. The molecule has 0 saturated heterocycles. The maximum Gasteiger partial charge on any atom is 0.321 e. The molecule has 0 radical (unpaired) electrons. The second-order valence-corrected chi connectivity index (χ2v) is 5.72. The second-order valence-electron chi connectivity index (χ2n) is 5.72. The zero-order chi connectivity index (χ0) is 17.1. The first-order valence-corrected chi connectivity index (χ1v) is 6.48. The average molecular weight is 310 g/mol. The fraction of sp³-hybridized carbons (Fsp3) is 0.429. The van der Waals surface area contributed by atoms with E-state index in [4.69, 9.17) is 15.6 Å². The lowest BCUT2D eigenvalue weighted by atomic mass is 9.91. The molecule has 3 N–H and O–H groups in total. The van der Waals surface area contributed by atoms with Crippen LogP contribution in [0, 0.1) is 10.1 Å². The lowest BCUT2D eigenvalue weighted by Crippen LogP contribution is -2.42. The number of carbonyl (C=O) groups is 2. The molecule has 8 nitrogen and oxygen atoms in total. The van der Waals surface area contributed by atoms with Gasteiger partial charge in [0.25, 0.3) is 5.69 Å². The van der Waals surface area contributed by atoms with Crippen LogP contribution in [-0.2, 0) is 14.3 Å². The summed E-state index contributed by atoms with van der Waals surface area (Å²) < 4.78 is 5.19. The van der Waals surface area contributed by atoms with Gasteiger partial charge in [0.05, 0.1) is 4.92 Å². The van der Waals surface area contributed by atoms with Crippen molar-refractivity contribution in [2.75, 3.05) is 0 Å². The number of esters is 1. The molecule has 0 aliphatic carbocycles. The number of aliphatic carboxylic acids is 1. The van der Waals surface area contributed by atoms with Crippen LogP contribution in [0.2, 0.25) is 0 Å². The number of carboxylic acid groups (broad SMARTS) is 1. The Balaban J connectivity index is 3.17. The molecule has 2 atom stereocenters. The number of carboxylic acids is 1. The van der Waals surface area contributed by atoms with Crippen LogP contribution in [-0.4, -0.2) is 33.6 Å². The molecule has 0 aromatic heterocycles. The first-order valence-electron chi connectivity index (χ1n) is 6.48. The van der Waals surface area contributed by atoms with Crippen LogP contribution in [0.25, 0.3) is 0 Å². The molecule has 0 aliphatic heterocycles. The lowest BCUT2D eigenvalue weighted by Gasteiger charge is -2.26. The van der Waals surface area contributed by atoms with Crippen molar-refractivity contribution in [1.29, 1.82) is 0 Å². The molecule has 8 heteroatoms. The number of carbonyl (C=O) groups excluding carboxylic acids is 1. The van der Waals surface area contributed by atoms with Crippen molar-refractivity contribution in [3.8, 4) is 0 Å². The molecule has 22 heavy (non-hydrogen) atoms. The highest BCUT2D eigenvalue weighted by atomic mass is 16.6. The lowest BCUT2D eigenvalue weighted by molar-refractivity contribution is -0.384. The van der Waals surface area contributed by atoms with E-state index in [-0.39, 0.29) is 11.3 Å². The third kappa shape index (κ3) is 4.52. The van der Waals surface area contributed by atoms with E-state index in [1.165, 1.54) is 24.3 Å². The van der Waals surface area contributed by atoms with Crippen molar-refractivity contribution in [3.05, 3.63) is 39.9 Å². The fourth-order valence-electron chi connectivity index (χ4n) is 1.80. The van der Waals surface area contributed by atoms with Gasteiger partial charge in [-0.15, -0.1) is 0 Å². The molecule has 2 unspecified atom stereocenters. The van der Waals surface area contributed by atoms with Gasteiger partial charge in [-0.2, -0.15) is 0 Å². The summed E-state index contributed by atoms with van der Waals surface area (Å²) in [5, 5.41) is 19.7. The zero-order valence-electron chi connectivity index (χ0n) is 12.5. The van der Waals surface area contributed by atoms with Crippen molar-refractivity contribution < 1.29 is 24.4 Å². The van der Waals surface area contributed by atoms with Gasteiger partial charge in [0.2, 0.25) is 0 Å². The van der Waals surface area contributed by atoms with E-state index in [0.29, 0.717) is 0 Å². The van der Waals surface area contributed by atoms with Gasteiger partial charge < -0.3 is 15.6 Å². The quantitative estimate of drug-likeness (QED) is 0.477. The number of hydrogen-bond acceptors (Lipinski definition) is 6. The smallest absolute Gasteiger partial charge is 0.321 e. The monoisotopic (exact) mass is 310 g/mol. The third-order valence-electron chi connectivity index (χ3n) is 2.77. The Labute approximate surface area is 127 Å². The number of nitro benzene ring substituents is 1. The maximum absolute atomic E-state index is 12.2. The largest absolute Gasteiger partial charge is 0.480 e. The van der Waals surface area contributed by atoms with E-state index < -0.39 is 34.4 Å². The highest BCUT2D eigenvalue weighted by Gasteiger charge is 2.35. The summed E-state index contributed by atoms with van der Waals surface area (Å²) in [4.78, 5) is 33.4. The summed E-state index contributed by atoms with van der Waals surface area (Å²) in [6.07, 6.45) is 0. The van der Waals surface area contributed by atoms with E-state index in [1.54, 1.807) is 20.8 Å². The molecule has 0 saturated carbocycles. The summed E-state index contributed by atoms with van der Waals surface area (Å²) in [5.74, 6) is -3.41. The molecule has 1 aromatic carbocycles. The van der Waals surface area contributed by atoms with Crippen LogP contribution in [0.5, 0.6) is 0 Å². The standard InChI is InChI=1S/C14H18N2O6/c1-14(2,3)22-13(19)10(11(15)12(17)18)8-4-6-9(7-5-8)16(20)21/h4-7,10-11H,15H2,1-3H3,(H,17,18). The molecule has 1 aromatic rings. The van der Waals surface area contributed by atoms with Gasteiger partial charge in [0.1, 0.15) is 17.6 Å². The summed E-state index contributed by atoms with van der Waals surface area (Å²) in [5.41, 5.74) is 4.84. The topological polar surface area (TPSA) is 133 Å². The van der Waals surface area contributed by atoms with E-state index in [0.717, 1.165) is 0 Å². The Morgan fingerprint density at radius 1 is 1.27 bits per heavy atom. The first kappa shape index (κ1) is 17.6. The van der Waals surface area contributed by atoms with Crippen LogP contribution < -0.4 is 5.73 Å². The highest BCUT2D eigenvalue weighted by Crippen LogP contribution is 2.25. The van der Waals surface area contributed by atoms with Crippen LogP contribution in [0.4, 0.5) is 5.69 Å². The average Bonchev–Trinajstić information content (AvgIpc) is 2.37. The van der Waals surface area contributed by atoms with Gasteiger partial charge in [-0.3, -0.25) is 19.7 Å². The Kier molecular flexibility index (Phi) is 5.21. The Morgan fingerprint density at radius 2 is 1.77 bits per heavy atom. The molecule has 0 heterocycles. The number of rotatable bonds is 5. The van der Waals surface area contributed by atoms with E-state index in [2.05, 4.69) is 0 Å². The highest BCUT2D eigenvalue weighted by molar-refractivity contribution is 5.88. The van der Waals surface area contributed by atoms with Crippen molar-refractivity contribution in [3.63, 3.8) is 0 Å².